The number of aryl methyl sites for hydroxylation is 1. The van der Waals surface area contributed by atoms with Crippen molar-refractivity contribution in [1.29, 1.82) is 0 Å². The molecule has 722 valence electrons. The number of anilines is 4. The standard InChI is InChI=1S/C73H85N22O35P5/c1-35-22-91(73(102)90-64(35)97)51-17-41(46(121-51)26-113-23-38-12-13-39(114-24-36-8-4-2-5-9-36)40(16-38)115-25-37-10-6-3-7-11-37)126-132(105,106)119-29-49-44(20-54(124-49)94-33-80-58-62(94)84-71(76)88-67(58)100)129-135(111,112)130-45-21-55(95-34-81-59-63(95)85-72(77)89-68(59)101)125-50(45)30-120-134(109,110)128-43-19-53(93-32-79-57-61(93)83-70(75)87-66(57)99)123-48(43)28-118-133(107,108)127-42-18-52(122-47(42)27-117-131(103,104)116-15-14-96)92-31-78-56-60(92)82-69(74)86-65(56)98/h2-13,16,22,31-34,41-55,96H,14-15,17-21,23-30H2,1H3,(H,103,104)(H,105,106)(H,107,108)(H,109,110)(H,111,112)(H,90,97,102)(H3,74,82,86,98)(H3,75,83,87,99)(H3,76,84,88,100)(H3,77,85,89,101)/t41-,42-,43-,44-,45-,46+,47+,48+,49+,50+,51+,52+,53+,54+,55+/m0/s1. The minimum absolute atomic E-state index is 0.0978. The fourth-order valence-electron chi connectivity index (χ4n) is 15.5. The number of fused-ring (bicyclic) bond motifs is 4. The van der Waals surface area contributed by atoms with E-state index in [1.165, 1.54) is 22.3 Å². The summed E-state index contributed by atoms with van der Waals surface area (Å²) in [4.78, 5) is 180. The normalized spacial score (nSPS) is 25.4. The van der Waals surface area contributed by atoms with Gasteiger partial charge in [0.2, 0.25) is 23.8 Å². The van der Waals surface area contributed by atoms with Crippen molar-refractivity contribution in [3.63, 3.8) is 0 Å². The minimum Gasteiger partial charge on any atom is -0.485 e. The number of nitrogens with one attached hydrogen (secondary N) is 5. The Bertz CT molecular complexity index is 7020. The zero-order valence-corrected chi connectivity index (χ0v) is 74.5. The number of aromatic amines is 5. The number of H-pyrrole nitrogens is 5. The number of ether oxygens (including phenoxy) is 8. The molecular weight excluding hydrogens is 1900 g/mol. The van der Waals surface area contributed by atoms with Gasteiger partial charge in [-0.25, -0.2) is 47.6 Å². The Labute approximate surface area is 754 Å². The van der Waals surface area contributed by atoms with Crippen molar-refractivity contribution < 1.29 is 136 Å². The number of phosphoric ester groups is 5. The lowest BCUT2D eigenvalue weighted by atomic mass is 10.2. The Hall–Kier alpha value is -11.2. The summed E-state index contributed by atoms with van der Waals surface area (Å²) in [7, 11) is -27.4. The predicted octanol–water partition coefficient (Wildman–Crippen LogP) is 2.02. The van der Waals surface area contributed by atoms with Crippen LogP contribution in [-0.2, 0) is 116 Å². The average Bonchev–Trinajstić information content (AvgIpc) is 1.63. The third-order valence-corrected chi connectivity index (χ3v) is 26.8. The van der Waals surface area contributed by atoms with Gasteiger partial charge < -0.3 is 90.4 Å². The molecule has 0 radical (unpaired) electrons. The monoisotopic (exact) mass is 1980 g/mol. The van der Waals surface area contributed by atoms with E-state index >= 15 is 4.57 Å². The van der Waals surface area contributed by atoms with Crippen LogP contribution in [0.1, 0.15) is 85.5 Å². The van der Waals surface area contributed by atoms with Crippen molar-refractivity contribution in [2.75, 3.05) is 69.2 Å². The van der Waals surface area contributed by atoms with Crippen LogP contribution in [0.25, 0.3) is 44.7 Å². The van der Waals surface area contributed by atoms with Crippen molar-refractivity contribution in [2.45, 2.75) is 151 Å². The lowest BCUT2D eigenvalue weighted by Crippen LogP contribution is -2.33. The Morgan fingerprint density at radius 1 is 0.385 bits per heavy atom. The number of phosphoric acid groups is 5. The molecule has 57 nitrogen and oxygen atoms in total. The second-order valence-electron chi connectivity index (χ2n) is 31.1. The molecule has 62 heteroatoms. The Morgan fingerprint density at radius 2 is 0.711 bits per heavy atom. The first-order valence-corrected chi connectivity index (χ1v) is 48.3. The van der Waals surface area contributed by atoms with Crippen molar-refractivity contribution >= 4 is 108 Å². The summed E-state index contributed by atoms with van der Waals surface area (Å²) in [6, 6.07) is 24.0. The fraction of sp³-hybridized carbons (Fsp3) is 0.425. The van der Waals surface area contributed by atoms with Crippen molar-refractivity contribution in [1.82, 2.24) is 87.6 Å². The van der Waals surface area contributed by atoms with E-state index in [0.29, 0.717) is 17.1 Å². The van der Waals surface area contributed by atoms with Gasteiger partial charge in [-0.3, -0.25) is 117 Å². The molecule has 0 aliphatic carbocycles. The average molecular weight is 1990 g/mol. The second-order valence-corrected chi connectivity index (χ2v) is 38.1. The lowest BCUT2D eigenvalue weighted by Gasteiger charge is -2.26. The number of hydrogen-bond acceptors (Lipinski definition) is 42. The highest BCUT2D eigenvalue weighted by atomic mass is 31.2. The molecule has 5 aliphatic rings. The van der Waals surface area contributed by atoms with Crippen molar-refractivity contribution in [2.24, 2.45) is 0 Å². The molecule has 0 amide bonds. The Morgan fingerprint density at radius 3 is 1.07 bits per heavy atom. The van der Waals surface area contributed by atoms with Gasteiger partial charge in [0, 0.05) is 43.9 Å². The summed E-state index contributed by atoms with van der Waals surface area (Å²) >= 11 is 0. The molecule has 3 aromatic carbocycles. The zero-order valence-electron chi connectivity index (χ0n) is 70.0. The molecule has 0 saturated carbocycles. The van der Waals surface area contributed by atoms with Crippen LogP contribution in [0.5, 0.6) is 11.5 Å². The first kappa shape index (κ1) is 95.5. The Kier molecular flexibility index (Phi) is 27.9. The largest absolute Gasteiger partial charge is 0.485 e. The van der Waals surface area contributed by atoms with Crippen LogP contribution < -0.4 is 65.9 Å². The van der Waals surface area contributed by atoms with E-state index in [0.717, 1.165) is 50.1 Å². The molecule has 17 rings (SSSR count). The van der Waals surface area contributed by atoms with Gasteiger partial charge in [0.25, 0.3) is 27.8 Å². The van der Waals surface area contributed by atoms with Gasteiger partial charge in [-0.2, -0.15) is 19.9 Å². The van der Waals surface area contributed by atoms with E-state index in [4.69, 9.17) is 106 Å². The third kappa shape index (κ3) is 22.3. The van der Waals surface area contributed by atoms with Crippen LogP contribution in [0, 0.1) is 6.92 Å². The number of nitrogens with zero attached hydrogens (tertiary/aromatic N) is 13. The number of nitrogen functional groups attached to an aromatic ring is 4. The van der Waals surface area contributed by atoms with E-state index in [9.17, 15) is 76.6 Å². The molecule has 0 spiro atoms. The van der Waals surface area contributed by atoms with Crippen LogP contribution in [0.4, 0.5) is 23.8 Å². The molecule has 5 fully saturated rings. The number of benzene rings is 3. The molecule has 5 unspecified atom stereocenters. The predicted molar refractivity (Wildman–Crippen MR) is 457 cm³/mol. The summed E-state index contributed by atoms with van der Waals surface area (Å²) < 4.78 is 183. The zero-order chi connectivity index (χ0) is 95.2. The van der Waals surface area contributed by atoms with E-state index in [1.54, 1.807) is 18.2 Å². The van der Waals surface area contributed by atoms with Gasteiger partial charge in [0.15, 0.2) is 56.2 Å². The molecule has 135 heavy (non-hydrogen) atoms. The quantitative estimate of drug-likeness (QED) is 0.0244. The Balaban J connectivity index is 0.609. The van der Waals surface area contributed by atoms with Crippen molar-refractivity contribution in [3.8, 4) is 11.5 Å². The molecule has 12 aromatic rings. The van der Waals surface area contributed by atoms with E-state index < -0.39 is 242 Å². The fourth-order valence-corrected chi connectivity index (χ4v) is 20.3. The maximum absolute atomic E-state index is 15.1. The SMILES string of the molecule is Cc1cn([C@H]2C[C@H](OP(=O)(O)OC[C@H]3O[C@@H](n4cnc5c(=O)[nH]c(N)nc54)C[C@@H]3OP(=O)(O)O[C@H]3C[C@H](n4cnc5c(=O)[nH]c(N)nc54)O[C@@H]3COP(=O)(O)O[C@H]3C[C@H](n4cnc5c(=O)[nH]c(N)nc54)O[C@@H]3COP(=O)(O)O[C@H]3C[C@H](n4cnc5c(=O)[nH]c(N)nc54)O[C@@H]3COP(=O)(O)OCCO)[C@@H](COCc3ccc(OCc4ccccc4)c(OCc4ccccc4)c3)O2)c(=O)[nH]c1=O. The first-order valence-electron chi connectivity index (χ1n) is 40.8. The first-order chi connectivity index (χ1) is 64.4. The number of imidazole rings is 4. The third-order valence-electron chi connectivity index (χ3n) is 21.7. The molecule has 5 aliphatic heterocycles. The van der Waals surface area contributed by atoms with Crippen LogP contribution in [0.2, 0.25) is 0 Å². The summed E-state index contributed by atoms with van der Waals surface area (Å²) in [5.74, 6) is -0.726. The van der Waals surface area contributed by atoms with Gasteiger partial charge in [0.05, 0.1) is 78.2 Å². The second kappa shape index (κ2) is 39.5. The van der Waals surface area contributed by atoms with Gasteiger partial charge in [-0.15, -0.1) is 0 Å². The molecule has 0 bridgehead atoms. The number of rotatable bonds is 40. The molecule has 20 atom stereocenters. The minimum atomic E-state index is -5.76. The highest BCUT2D eigenvalue weighted by Gasteiger charge is 2.52. The van der Waals surface area contributed by atoms with Crippen LogP contribution in [0.15, 0.2) is 139 Å². The molecule has 5 saturated heterocycles. The summed E-state index contributed by atoms with van der Waals surface area (Å²) in [5.41, 5.74) is 19.5. The van der Waals surface area contributed by atoms with E-state index in [2.05, 4.69) is 64.8 Å². The molecule has 19 N–H and O–H groups in total. The highest BCUT2D eigenvalue weighted by molar-refractivity contribution is 7.48. The number of aliphatic hydroxyl groups is 1. The number of nitrogens with two attached hydrogens (primary N) is 4. The van der Waals surface area contributed by atoms with Crippen LogP contribution in [-0.4, -0.2) is 224 Å². The van der Waals surface area contributed by atoms with Crippen LogP contribution >= 0.6 is 39.1 Å². The summed E-state index contributed by atoms with van der Waals surface area (Å²) in [6.45, 7) is -4.26. The maximum Gasteiger partial charge on any atom is 0.472 e. The van der Waals surface area contributed by atoms with Crippen molar-refractivity contribution in [3.05, 3.63) is 195 Å². The topological polar surface area (TPSA) is 786 Å². The molecule has 9 aromatic heterocycles. The maximum atomic E-state index is 15.1. The highest BCUT2D eigenvalue weighted by Crippen LogP contribution is 2.57. The van der Waals surface area contributed by atoms with Crippen LogP contribution in [0.3, 0.4) is 0 Å². The van der Waals surface area contributed by atoms with Gasteiger partial charge in [-0.1, -0.05) is 66.7 Å². The van der Waals surface area contributed by atoms with E-state index in [1.807, 2.05) is 60.7 Å². The van der Waals surface area contributed by atoms with Gasteiger partial charge in [-0.05, 0) is 35.7 Å². The smallest absolute Gasteiger partial charge is 0.472 e. The lowest BCUT2D eigenvalue weighted by molar-refractivity contribution is -0.0711. The van der Waals surface area contributed by atoms with E-state index in [-0.39, 0.29) is 95.0 Å². The van der Waals surface area contributed by atoms with Gasteiger partial charge >= 0.3 is 44.8 Å². The molecule has 14 heterocycles. The van der Waals surface area contributed by atoms with Gasteiger partial charge in [0.1, 0.15) is 105 Å². The number of aromatic nitrogens is 18. The molecular formula is C73H85N22O35P5. The summed E-state index contributed by atoms with van der Waals surface area (Å²) in [6.07, 6.45) is -20.4. The summed E-state index contributed by atoms with van der Waals surface area (Å²) in [5, 5.41) is 9.25. The number of aliphatic hydroxyl groups excluding tert-OH is 1. The number of hydrogen-bond donors (Lipinski definition) is 15.